The minimum absolute atomic E-state index is 0.0852. The van der Waals surface area contributed by atoms with Gasteiger partial charge in [0.1, 0.15) is 0 Å². The quantitative estimate of drug-likeness (QED) is 0.456. The SMILES string of the molecule is C=CCC(=O)NCCNC(=O)CC=C. The lowest BCUT2D eigenvalue weighted by molar-refractivity contribution is -0.122. The molecule has 4 heteroatoms. The summed E-state index contributed by atoms with van der Waals surface area (Å²) in [7, 11) is 0. The Bertz CT molecular complexity index is 200. The zero-order chi connectivity index (χ0) is 10.8. The smallest absolute Gasteiger partial charge is 0.223 e. The lowest BCUT2D eigenvalue weighted by Gasteiger charge is -2.04. The molecule has 0 atom stereocenters. The number of rotatable bonds is 7. The van der Waals surface area contributed by atoms with Gasteiger partial charge in [0.05, 0.1) is 0 Å². The Balaban J connectivity index is 3.36. The summed E-state index contributed by atoms with van der Waals surface area (Å²) in [6.45, 7) is 7.76. The van der Waals surface area contributed by atoms with Crippen molar-refractivity contribution < 1.29 is 9.59 Å². The van der Waals surface area contributed by atoms with E-state index in [1.54, 1.807) is 0 Å². The first kappa shape index (κ1) is 12.4. The van der Waals surface area contributed by atoms with Crippen molar-refractivity contribution in [3.63, 3.8) is 0 Å². The number of hydrogen-bond acceptors (Lipinski definition) is 2. The van der Waals surface area contributed by atoms with Crippen molar-refractivity contribution in [2.24, 2.45) is 0 Å². The Labute approximate surface area is 84.1 Å². The highest BCUT2D eigenvalue weighted by atomic mass is 16.2. The molecule has 0 unspecified atom stereocenters. The van der Waals surface area contributed by atoms with Gasteiger partial charge < -0.3 is 10.6 Å². The molecule has 0 aliphatic rings. The van der Waals surface area contributed by atoms with Gasteiger partial charge in [0, 0.05) is 25.9 Å². The maximum atomic E-state index is 10.9. The molecule has 0 aromatic rings. The minimum Gasteiger partial charge on any atom is -0.354 e. The Morgan fingerprint density at radius 3 is 1.57 bits per heavy atom. The Morgan fingerprint density at radius 1 is 0.929 bits per heavy atom. The first-order chi connectivity index (χ1) is 6.70. The molecule has 4 nitrogen and oxygen atoms in total. The topological polar surface area (TPSA) is 58.2 Å². The van der Waals surface area contributed by atoms with Crippen LogP contribution in [-0.2, 0) is 9.59 Å². The van der Waals surface area contributed by atoms with Crippen LogP contribution in [0.5, 0.6) is 0 Å². The molecule has 78 valence electrons. The molecule has 0 aromatic heterocycles. The van der Waals surface area contributed by atoms with Crippen LogP contribution in [0.15, 0.2) is 25.3 Å². The van der Waals surface area contributed by atoms with E-state index in [0.717, 1.165) is 0 Å². The zero-order valence-electron chi connectivity index (χ0n) is 8.21. The second-order valence-corrected chi connectivity index (χ2v) is 2.69. The van der Waals surface area contributed by atoms with Crippen LogP contribution in [0.4, 0.5) is 0 Å². The van der Waals surface area contributed by atoms with Gasteiger partial charge in [-0.25, -0.2) is 0 Å². The van der Waals surface area contributed by atoms with Gasteiger partial charge >= 0.3 is 0 Å². The van der Waals surface area contributed by atoms with E-state index >= 15 is 0 Å². The monoisotopic (exact) mass is 196 g/mol. The molecule has 14 heavy (non-hydrogen) atoms. The molecule has 0 bridgehead atoms. The average Bonchev–Trinajstić information content (AvgIpc) is 2.13. The first-order valence-electron chi connectivity index (χ1n) is 4.46. The van der Waals surface area contributed by atoms with Gasteiger partial charge in [-0.15, -0.1) is 13.2 Å². The van der Waals surface area contributed by atoms with Crippen molar-refractivity contribution in [1.82, 2.24) is 10.6 Å². The zero-order valence-corrected chi connectivity index (χ0v) is 8.21. The molecule has 0 heterocycles. The molecular formula is C10H16N2O2. The second-order valence-electron chi connectivity index (χ2n) is 2.69. The van der Waals surface area contributed by atoms with Crippen molar-refractivity contribution in [3.8, 4) is 0 Å². The number of carbonyl (C=O) groups excluding carboxylic acids is 2. The Hall–Kier alpha value is -1.58. The van der Waals surface area contributed by atoms with Gasteiger partial charge in [0.25, 0.3) is 0 Å². The molecule has 0 spiro atoms. The molecule has 0 saturated heterocycles. The van der Waals surface area contributed by atoms with Crippen LogP contribution < -0.4 is 10.6 Å². The van der Waals surface area contributed by atoms with Crippen LogP contribution in [0, 0.1) is 0 Å². The molecule has 0 saturated carbocycles. The fraction of sp³-hybridized carbons (Fsp3) is 0.400. The van der Waals surface area contributed by atoms with E-state index in [9.17, 15) is 9.59 Å². The summed E-state index contributed by atoms with van der Waals surface area (Å²) in [6.07, 6.45) is 3.68. The number of hydrogen-bond donors (Lipinski definition) is 2. The lowest BCUT2D eigenvalue weighted by Crippen LogP contribution is -2.34. The molecule has 0 radical (unpaired) electrons. The van der Waals surface area contributed by atoms with Gasteiger partial charge in [-0.1, -0.05) is 12.2 Å². The second kappa shape index (κ2) is 8.04. The summed E-state index contributed by atoms with van der Waals surface area (Å²) in [6, 6.07) is 0. The molecule has 2 N–H and O–H groups in total. The van der Waals surface area contributed by atoms with Crippen LogP contribution in [0.3, 0.4) is 0 Å². The molecule has 0 aliphatic heterocycles. The van der Waals surface area contributed by atoms with E-state index in [-0.39, 0.29) is 11.8 Å². The van der Waals surface area contributed by atoms with Crippen molar-refractivity contribution >= 4 is 11.8 Å². The normalized spacial score (nSPS) is 8.86. The van der Waals surface area contributed by atoms with Crippen LogP contribution in [0.1, 0.15) is 12.8 Å². The summed E-state index contributed by atoms with van der Waals surface area (Å²) >= 11 is 0. The Kier molecular flexibility index (Phi) is 7.13. The summed E-state index contributed by atoms with van der Waals surface area (Å²) < 4.78 is 0. The predicted octanol–water partition coefficient (Wildman–Crippen LogP) is 0.371. The third-order valence-electron chi connectivity index (χ3n) is 1.43. The summed E-state index contributed by atoms with van der Waals surface area (Å²) in [5.74, 6) is -0.170. The van der Waals surface area contributed by atoms with E-state index in [0.29, 0.717) is 25.9 Å². The van der Waals surface area contributed by atoms with E-state index in [2.05, 4.69) is 23.8 Å². The summed E-state index contributed by atoms with van der Waals surface area (Å²) in [5.41, 5.74) is 0. The highest BCUT2D eigenvalue weighted by Gasteiger charge is 1.98. The van der Waals surface area contributed by atoms with E-state index in [1.165, 1.54) is 12.2 Å². The number of nitrogens with one attached hydrogen (secondary N) is 2. The third-order valence-corrected chi connectivity index (χ3v) is 1.43. The van der Waals surface area contributed by atoms with Crippen LogP contribution in [-0.4, -0.2) is 24.9 Å². The summed E-state index contributed by atoms with van der Waals surface area (Å²) in [4.78, 5) is 21.8. The van der Waals surface area contributed by atoms with E-state index < -0.39 is 0 Å². The molecule has 0 aromatic carbocycles. The molecule has 0 fully saturated rings. The van der Waals surface area contributed by atoms with Gasteiger partial charge in [-0.3, -0.25) is 9.59 Å². The fourth-order valence-electron chi connectivity index (χ4n) is 0.810. The average molecular weight is 196 g/mol. The number of carbonyl (C=O) groups is 2. The maximum Gasteiger partial charge on any atom is 0.223 e. The van der Waals surface area contributed by atoms with Gasteiger partial charge in [-0.2, -0.15) is 0 Å². The number of amides is 2. The molecule has 2 amide bonds. The van der Waals surface area contributed by atoms with Crippen molar-refractivity contribution in [3.05, 3.63) is 25.3 Å². The van der Waals surface area contributed by atoms with Crippen molar-refractivity contribution in [2.45, 2.75) is 12.8 Å². The van der Waals surface area contributed by atoms with Crippen LogP contribution in [0.2, 0.25) is 0 Å². The first-order valence-corrected chi connectivity index (χ1v) is 4.46. The molecule has 0 rings (SSSR count). The fourth-order valence-corrected chi connectivity index (χ4v) is 0.810. The molecular weight excluding hydrogens is 180 g/mol. The van der Waals surface area contributed by atoms with E-state index in [4.69, 9.17) is 0 Å². The highest BCUT2D eigenvalue weighted by Crippen LogP contribution is 1.79. The standard InChI is InChI=1S/C10H16N2O2/c1-3-5-9(13)11-7-8-12-10(14)6-4-2/h3-4H,1-2,5-8H2,(H,11,13)(H,12,14). The van der Waals surface area contributed by atoms with Crippen LogP contribution in [0.25, 0.3) is 0 Å². The molecule has 0 aliphatic carbocycles. The highest BCUT2D eigenvalue weighted by molar-refractivity contribution is 5.78. The van der Waals surface area contributed by atoms with Crippen molar-refractivity contribution in [2.75, 3.05) is 13.1 Å². The van der Waals surface area contributed by atoms with Gasteiger partial charge in [0.15, 0.2) is 0 Å². The van der Waals surface area contributed by atoms with Gasteiger partial charge in [0.2, 0.25) is 11.8 Å². The van der Waals surface area contributed by atoms with Gasteiger partial charge in [-0.05, 0) is 0 Å². The summed E-state index contributed by atoms with van der Waals surface area (Å²) in [5, 5.41) is 5.26. The largest absolute Gasteiger partial charge is 0.354 e. The van der Waals surface area contributed by atoms with Crippen LogP contribution >= 0.6 is 0 Å². The van der Waals surface area contributed by atoms with E-state index in [1.807, 2.05) is 0 Å². The maximum absolute atomic E-state index is 10.9. The third kappa shape index (κ3) is 7.09. The minimum atomic E-state index is -0.0852. The van der Waals surface area contributed by atoms with Crippen molar-refractivity contribution in [1.29, 1.82) is 0 Å². The Morgan fingerprint density at radius 2 is 1.29 bits per heavy atom. The predicted molar refractivity (Wildman–Crippen MR) is 55.6 cm³/mol. The lowest BCUT2D eigenvalue weighted by atomic mass is 10.4.